The molecule has 0 aliphatic rings. The van der Waals surface area contributed by atoms with E-state index in [-0.39, 0.29) is 17.7 Å². The van der Waals surface area contributed by atoms with Crippen LogP contribution < -0.4 is 11.1 Å². The molecule has 0 saturated carbocycles. The van der Waals surface area contributed by atoms with E-state index in [2.05, 4.69) is 15.3 Å². The molecule has 78 valence electrons. The number of aromatic nitrogens is 2. The highest BCUT2D eigenvalue weighted by Crippen LogP contribution is 2.21. The van der Waals surface area contributed by atoms with Crippen molar-refractivity contribution in [1.29, 1.82) is 0 Å². The molecule has 0 spiro atoms. The molecular formula is C8H13ClN4O. The Morgan fingerprint density at radius 1 is 1.64 bits per heavy atom. The van der Waals surface area contributed by atoms with Crippen molar-refractivity contribution in [3.8, 4) is 0 Å². The van der Waals surface area contributed by atoms with E-state index in [0.29, 0.717) is 18.1 Å². The summed E-state index contributed by atoms with van der Waals surface area (Å²) >= 11 is 5.70. The minimum Gasteiger partial charge on any atom is -0.396 e. The number of nitrogen functional groups attached to an aromatic ring is 1. The average molecular weight is 217 g/mol. The number of rotatable bonds is 4. The lowest BCUT2D eigenvalue weighted by Gasteiger charge is -2.11. The van der Waals surface area contributed by atoms with Gasteiger partial charge in [0.1, 0.15) is 12.0 Å². The van der Waals surface area contributed by atoms with Crippen LogP contribution >= 0.6 is 11.6 Å². The van der Waals surface area contributed by atoms with Crippen LogP contribution in [0.15, 0.2) is 6.33 Å². The van der Waals surface area contributed by atoms with Gasteiger partial charge in [-0.3, -0.25) is 0 Å². The molecule has 0 aliphatic heterocycles. The summed E-state index contributed by atoms with van der Waals surface area (Å²) < 4.78 is 0. The van der Waals surface area contributed by atoms with Crippen molar-refractivity contribution in [2.45, 2.75) is 6.92 Å². The summed E-state index contributed by atoms with van der Waals surface area (Å²) in [7, 11) is 0. The van der Waals surface area contributed by atoms with Gasteiger partial charge < -0.3 is 16.2 Å². The molecular weight excluding hydrogens is 204 g/mol. The van der Waals surface area contributed by atoms with Crippen LogP contribution in [0.5, 0.6) is 0 Å². The Morgan fingerprint density at radius 3 is 3.00 bits per heavy atom. The molecule has 1 aromatic heterocycles. The lowest BCUT2D eigenvalue weighted by atomic mass is 10.2. The minimum atomic E-state index is 0.117. The van der Waals surface area contributed by atoms with Gasteiger partial charge in [-0.25, -0.2) is 9.97 Å². The fourth-order valence-corrected chi connectivity index (χ4v) is 0.984. The van der Waals surface area contributed by atoms with Crippen molar-refractivity contribution in [3.63, 3.8) is 0 Å². The third-order valence-corrected chi connectivity index (χ3v) is 2.07. The van der Waals surface area contributed by atoms with Gasteiger partial charge in [0.15, 0.2) is 11.0 Å². The second-order valence-electron chi connectivity index (χ2n) is 3.10. The van der Waals surface area contributed by atoms with Crippen LogP contribution in [0.1, 0.15) is 6.92 Å². The third-order valence-electron chi connectivity index (χ3n) is 1.76. The highest BCUT2D eigenvalue weighted by molar-refractivity contribution is 6.32. The second kappa shape index (κ2) is 4.97. The standard InChI is InChI=1S/C8H13ClN4O/c1-5(3-14)2-11-8-6(10)7(9)12-4-13-8/h4-5,14H,2-3,10H2,1H3,(H,11,12,13). The Balaban J connectivity index is 2.63. The smallest absolute Gasteiger partial charge is 0.157 e. The molecule has 4 N–H and O–H groups in total. The van der Waals surface area contributed by atoms with Crippen molar-refractivity contribution in [1.82, 2.24) is 9.97 Å². The maximum absolute atomic E-state index is 8.81. The van der Waals surface area contributed by atoms with Gasteiger partial charge in [0.2, 0.25) is 0 Å². The van der Waals surface area contributed by atoms with Gasteiger partial charge in [-0.05, 0) is 5.92 Å². The van der Waals surface area contributed by atoms with Crippen LogP contribution in [-0.4, -0.2) is 28.2 Å². The van der Waals surface area contributed by atoms with E-state index < -0.39 is 0 Å². The van der Waals surface area contributed by atoms with Gasteiger partial charge in [-0.1, -0.05) is 18.5 Å². The summed E-state index contributed by atoms with van der Waals surface area (Å²) in [6.45, 7) is 2.62. The van der Waals surface area contributed by atoms with Crippen LogP contribution in [0.2, 0.25) is 5.15 Å². The lowest BCUT2D eigenvalue weighted by molar-refractivity contribution is 0.244. The molecule has 1 atom stereocenters. The van der Waals surface area contributed by atoms with Crippen LogP contribution in [0.25, 0.3) is 0 Å². The number of hydrogen-bond acceptors (Lipinski definition) is 5. The molecule has 1 aromatic rings. The lowest BCUT2D eigenvalue weighted by Crippen LogP contribution is -2.16. The maximum atomic E-state index is 8.81. The van der Waals surface area contributed by atoms with E-state index in [1.165, 1.54) is 6.33 Å². The topological polar surface area (TPSA) is 84.1 Å². The fraction of sp³-hybridized carbons (Fsp3) is 0.500. The number of nitrogens with zero attached hydrogens (tertiary/aromatic N) is 2. The van der Waals surface area contributed by atoms with Crippen LogP contribution in [0.3, 0.4) is 0 Å². The quantitative estimate of drug-likeness (QED) is 0.647. The summed E-state index contributed by atoms with van der Waals surface area (Å²) in [6, 6.07) is 0. The Kier molecular flexibility index (Phi) is 3.91. The Bertz CT molecular complexity index is 307. The number of halogens is 1. The van der Waals surface area contributed by atoms with Crippen molar-refractivity contribution in [3.05, 3.63) is 11.5 Å². The van der Waals surface area contributed by atoms with Crippen molar-refractivity contribution in [2.75, 3.05) is 24.2 Å². The molecule has 0 fully saturated rings. The van der Waals surface area contributed by atoms with Crippen LogP contribution in [-0.2, 0) is 0 Å². The zero-order valence-electron chi connectivity index (χ0n) is 7.87. The third kappa shape index (κ3) is 2.71. The van der Waals surface area contributed by atoms with Crippen molar-refractivity contribution < 1.29 is 5.11 Å². The molecule has 0 radical (unpaired) electrons. The van der Waals surface area contributed by atoms with E-state index >= 15 is 0 Å². The van der Waals surface area contributed by atoms with E-state index in [1.807, 2.05) is 6.92 Å². The number of aliphatic hydroxyl groups is 1. The Hall–Kier alpha value is -1.07. The summed E-state index contributed by atoms with van der Waals surface area (Å²) in [5.74, 6) is 0.647. The number of aliphatic hydroxyl groups excluding tert-OH is 1. The first-order valence-corrected chi connectivity index (χ1v) is 4.63. The zero-order valence-corrected chi connectivity index (χ0v) is 8.62. The number of anilines is 2. The predicted molar refractivity (Wildman–Crippen MR) is 56.2 cm³/mol. The molecule has 6 heteroatoms. The van der Waals surface area contributed by atoms with Gasteiger partial charge in [0.25, 0.3) is 0 Å². The van der Waals surface area contributed by atoms with E-state index in [1.54, 1.807) is 0 Å². The monoisotopic (exact) mass is 216 g/mol. The number of hydrogen-bond donors (Lipinski definition) is 3. The normalized spacial score (nSPS) is 12.5. The first kappa shape index (κ1) is 11.0. The molecule has 1 heterocycles. The maximum Gasteiger partial charge on any atom is 0.157 e. The second-order valence-corrected chi connectivity index (χ2v) is 3.45. The molecule has 5 nitrogen and oxygen atoms in total. The average Bonchev–Trinajstić information content (AvgIpc) is 2.20. The van der Waals surface area contributed by atoms with E-state index in [0.717, 1.165) is 0 Å². The minimum absolute atomic E-state index is 0.117. The highest BCUT2D eigenvalue weighted by atomic mass is 35.5. The first-order chi connectivity index (χ1) is 6.65. The van der Waals surface area contributed by atoms with Gasteiger partial charge in [0, 0.05) is 13.2 Å². The van der Waals surface area contributed by atoms with E-state index in [9.17, 15) is 0 Å². The fourth-order valence-electron chi connectivity index (χ4n) is 0.850. The number of nitrogens with one attached hydrogen (secondary N) is 1. The molecule has 0 bridgehead atoms. The molecule has 0 amide bonds. The summed E-state index contributed by atoms with van der Waals surface area (Å²) in [6.07, 6.45) is 1.34. The molecule has 0 saturated heterocycles. The van der Waals surface area contributed by atoms with Gasteiger partial charge >= 0.3 is 0 Å². The Labute approximate surface area is 87.3 Å². The largest absolute Gasteiger partial charge is 0.396 e. The van der Waals surface area contributed by atoms with Crippen LogP contribution in [0.4, 0.5) is 11.5 Å². The van der Waals surface area contributed by atoms with Crippen molar-refractivity contribution in [2.24, 2.45) is 5.92 Å². The van der Waals surface area contributed by atoms with Crippen LogP contribution in [0, 0.1) is 5.92 Å². The molecule has 0 aromatic carbocycles. The SMILES string of the molecule is CC(CO)CNc1ncnc(Cl)c1N. The summed E-state index contributed by atoms with van der Waals surface area (Å²) in [4.78, 5) is 7.66. The van der Waals surface area contributed by atoms with Crippen molar-refractivity contribution >= 4 is 23.1 Å². The molecule has 1 unspecified atom stereocenters. The molecule has 0 aliphatic carbocycles. The molecule has 14 heavy (non-hydrogen) atoms. The zero-order chi connectivity index (χ0) is 10.6. The Morgan fingerprint density at radius 2 is 2.36 bits per heavy atom. The predicted octanol–water partition coefficient (Wildman–Crippen LogP) is 0.752. The summed E-state index contributed by atoms with van der Waals surface area (Å²) in [5, 5.41) is 12.0. The summed E-state index contributed by atoms with van der Waals surface area (Å²) in [5.41, 5.74) is 5.96. The van der Waals surface area contributed by atoms with Gasteiger partial charge in [0.05, 0.1) is 0 Å². The first-order valence-electron chi connectivity index (χ1n) is 4.25. The number of nitrogens with two attached hydrogens (primary N) is 1. The molecule has 1 rings (SSSR count). The highest BCUT2D eigenvalue weighted by Gasteiger charge is 2.06. The van der Waals surface area contributed by atoms with Gasteiger partial charge in [-0.2, -0.15) is 0 Å². The van der Waals surface area contributed by atoms with E-state index in [4.69, 9.17) is 22.4 Å². The van der Waals surface area contributed by atoms with Gasteiger partial charge in [-0.15, -0.1) is 0 Å².